The van der Waals surface area contributed by atoms with Crippen LogP contribution in [0.4, 0.5) is 0 Å². The molecule has 1 aromatic rings. The molecule has 0 amide bonds. The molecule has 2 fully saturated rings. The highest BCUT2D eigenvalue weighted by Gasteiger charge is 2.56. The first-order valence-corrected chi connectivity index (χ1v) is 8.58. The monoisotopic (exact) mass is 315 g/mol. The van der Waals surface area contributed by atoms with Crippen molar-refractivity contribution in [2.45, 2.75) is 35.8 Å². The summed E-state index contributed by atoms with van der Waals surface area (Å²) in [4.78, 5) is 2.53. The van der Waals surface area contributed by atoms with Gasteiger partial charge < -0.3 is 14.4 Å². The van der Waals surface area contributed by atoms with Crippen LogP contribution < -0.4 is 0 Å². The fraction of sp³-hybridized carbons (Fsp3) is 0.571. The lowest BCUT2D eigenvalue weighted by Gasteiger charge is -2.59. The summed E-state index contributed by atoms with van der Waals surface area (Å²) in [7, 11) is 6.77. The smallest absolute Gasteiger partial charge is 0.245 e. The Morgan fingerprint density at radius 3 is 2.32 bits per heavy atom. The van der Waals surface area contributed by atoms with E-state index in [0.29, 0.717) is 19.9 Å². The Morgan fingerprint density at radius 1 is 1.09 bits per heavy atom. The minimum atomic E-state index is -0.458. The lowest BCUT2D eigenvalue weighted by Crippen LogP contribution is -2.72. The minimum Gasteiger partial charge on any atom is -0.348 e. The van der Waals surface area contributed by atoms with Crippen molar-refractivity contribution in [3.05, 3.63) is 35.9 Å². The van der Waals surface area contributed by atoms with Gasteiger partial charge in [0.05, 0.1) is 13.2 Å². The van der Waals surface area contributed by atoms with E-state index >= 15 is 0 Å². The molecule has 2 heterocycles. The van der Waals surface area contributed by atoms with Crippen LogP contribution in [0, 0.1) is 0 Å². The summed E-state index contributed by atoms with van der Waals surface area (Å²) in [5.41, 5.74) is 1.32. The second kappa shape index (κ2) is 5.94. The molecule has 0 N–H and O–H groups in total. The second-order valence-electron chi connectivity index (χ2n) is 7.48. The molecule has 3 rings (SSSR count). The molecule has 1 aromatic carbocycles. The number of nitrogens with zero attached hydrogens (tertiary/aromatic N) is 1. The molecule has 1 unspecified atom stereocenters. The third-order valence-electron chi connectivity index (χ3n) is 5.02. The third kappa shape index (κ3) is 3.01. The first-order valence-electron chi connectivity index (χ1n) is 8.05. The van der Waals surface area contributed by atoms with Crippen LogP contribution in [0.5, 0.6) is 0 Å². The Hall–Kier alpha value is -0.350. The molecule has 114 valence electrons. The Labute approximate surface area is 141 Å². The van der Waals surface area contributed by atoms with Crippen LogP contribution in [-0.2, 0) is 16.0 Å². The van der Waals surface area contributed by atoms with Crippen LogP contribution in [0.1, 0.15) is 18.4 Å². The van der Waals surface area contributed by atoms with Crippen LogP contribution in [0.3, 0.4) is 0 Å². The predicted octanol–water partition coefficient (Wildman–Crippen LogP) is -1.18. The summed E-state index contributed by atoms with van der Waals surface area (Å²) < 4.78 is 12.0. The van der Waals surface area contributed by atoms with Crippen LogP contribution >= 0.6 is 11.5 Å². The maximum atomic E-state index is 6.42. The van der Waals surface area contributed by atoms with Gasteiger partial charge in [0.25, 0.3) is 0 Å². The molecule has 1 atom stereocenters. The highest BCUT2D eigenvalue weighted by molar-refractivity contribution is 6.98. The second-order valence-corrected chi connectivity index (χ2v) is 7.74. The summed E-state index contributed by atoms with van der Waals surface area (Å²) in [6.45, 7) is 2.84. The molecule has 2 aliphatic rings. The Kier molecular flexibility index (Phi) is 4.45. The number of benzene rings is 1. The Morgan fingerprint density at radius 2 is 1.73 bits per heavy atom. The number of hydrogen-bond donors (Lipinski definition) is 0. The number of likely N-dealkylation sites (tertiary alicyclic amines) is 1. The van der Waals surface area contributed by atoms with Crippen LogP contribution in [-0.4, -0.2) is 64.8 Å². The fourth-order valence-corrected chi connectivity index (χ4v) is 4.45. The molecule has 0 saturated carbocycles. The molecule has 0 aromatic heterocycles. The van der Waals surface area contributed by atoms with Gasteiger partial charge in [0.1, 0.15) is 23.5 Å². The molecule has 0 bridgehead atoms. The average Bonchev–Trinajstić information content (AvgIpc) is 2.91. The third-order valence-corrected chi connectivity index (χ3v) is 5.60. The van der Waals surface area contributed by atoms with Crippen LogP contribution in [0.2, 0.25) is 0 Å². The Bertz CT molecular complexity index is 527. The van der Waals surface area contributed by atoms with E-state index in [-0.39, 0.29) is 10.7 Å². The molecule has 0 aliphatic carbocycles. The maximum absolute atomic E-state index is 6.42. The molecule has 22 heavy (non-hydrogen) atoms. The number of halogens is 1. The first-order chi connectivity index (χ1) is 10.4. The highest BCUT2D eigenvalue weighted by atomic mass is 35.5. The highest BCUT2D eigenvalue weighted by Crippen LogP contribution is 2.44. The average molecular weight is 315 g/mol. The topological polar surface area (TPSA) is 21.7 Å². The number of ether oxygens (including phenoxy) is 2. The van der Waals surface area contributed by atoms with Gasteiger partial charge in [-0.1, -0.05) is 30.3 Å². The quantitative estimate of drug-likeness (QED) is 0.656. The summed E-state index contributed by atoms with van der Waals surface area (Å²) in [6, 6.07) is 10.6. The SMILES string of the molecule is BC1(B)CC2(CC(B)(BCl)N1Cc1ccccc1)OCCO2. The normalized spacial score (nSPS) is 30.4. The molecule has 2 aliphatic heterocycles. The molecular weight excluding hydrogens is 293 g/mol. The number of rotatable bonds is 3. The van der Waals surface area contributed by atoms with Gasteiger partial charge in [0.15, 0.2) is 5.79 Å². The molecule has 8 heteroatoms. The lowest BCUT2D eigenvalue weighted by atomic mass is 9.45. The zero-order valence-corrected chi connectivity index (χ0v) is 14.5. The van der Waals surface area contributed by atoms with E-state index in [1.807, 2.05) is 0 Å². The number of piperidine rings is 1. The van der Waals surface area contributed by atoms with Crippen molar-refractivity contribution >= 4 is 41.7 Å². The van der Waals surface area contributed by atoms with Gasteiger partial charge in [0.2, 0.25) is 6.69 Å². The van der Waals surface area contributed by atoms with E-state index in [0.717, 1.165) is 19.4 Å². The van der Waals surface area contributed by atoms with Crippen LogP contribution in [0.25, 0.3) is 0 Å². The minimum absolute atomic E-state index is 0.0396. The van der Waals surface area contributed by atoms with Gasteiger partial charge in [0, 0.05) is 19.4 Å². The van der Waals surface area contributed by atoms with Gasteiger partial charge in [-0.2, -0.15) is 11.5 Å². The van der Waals surface area contributed by atoms with Gasteiger partial charge in [-0.3, -0.25) is 0 Å². The number of hydrogen-bond acceptors (Lipinski definition) is 3. The van der Waals surface area contributed by atoms with Gasteiger partial charge in [-0.25, -0.2) is 0 Å². The maximum Gasteiger partial charge on any atom is 0.245 e. The van der Waals surface area contributed by atoms with E-state index in [1.54, 1.807) is 0 Å². The molecule has 0 radical (unpaired) electrons. The largest absolute Gasteiger partial charge is 0.348 e. The van der Waals surface area contributed by atoms with E-state index in [4.69, 9.17) is 20.9 Å². The van der Waals surface area contributed by atoms with Gasteiger partial charge >= 0.3 is 0 Å². The van der Waals surface area contributed by atoms with Crippen LogP contribution in [0.15, 0.2) is 30.3 Å². The van der Waals surface area contributed by atoms with E-state index < -0.39 is 5.79 Å². The fourth-order valence-electron chi connectivity index (χ4n) is 4.21. The van der Waals surface area contributed by atoms with E-state index in [2.05, 4.69) is 58.8 Å². The lowest BCUT2D eigenvalue weighted by molar-refractivity contribution is -0.204. The molecule has 3 nitrogen and oxygen atoms in total. The van der Waals surface area contributed by atoms with E-state index in [1.165, 1.54) is 5.56 Å². The van der Waals surface area contributed by atoms with E-state index in [9.17, 15) is 0 Å². The van der Waals surface area contributed by atoms with Crippen molar-refractivity contribution in [1.29, 1.82) is 0 Å². The summed E-state index contributed by atoms with van der Waals surface area (Å²) in [5, 5.41) is -0.189. The van der Waals surface area contributed by atoms with Gasteiger partial charge in [-0.15, -0.1) is 0 Å². The molecule has 2 saturated heterocycles. The van der Waals surface area contributed by atoms with Crippen molar-refractivity contribution in [2.24, 2.45) is 0 Å². The van der Waals surface area contributed by atoms with Crippen molar-refractivity contribution in [3.63, 3.8) is 0 Å². The van der Waals surface area contributed by atoms with Crippen molar-refractivity contribution < 1.29 is 9.47 Å². The Balaban J connectivity index is 1.90. The van der Waals surface area contributed by atoms with Crippen molar-refractivity contribution in [3.8, 4) is 0 Å². The van der Waals surface area contributed by atoms with Crippen molar-refractivity contribution in [2.75, 3.05) is 13.2 Å². The van der Waals surface area contributed by atoms with Gasteiger partial charge in [-0.05, 0) is 16.2 Å². The summed E-state index contributed by atoms with van der Waals surface area (Å²) >= 11 is 6.42. The summed E-state index contributed by atoms with van der Waals surface area (Å²) in [6.07, 6.45) is 1.69. The zero-order valence-electron chi connectivity index (χ0n) is 13.8. The standard InChI is InChI=1S/C14H22B4ClNO2/c15-13(16)9-12(21-6-7-22-12)10-14(17,18-19)20(13)8-11-4-2-1-3-5-11/h1-5,18H,6-10,15-17H2. The molecule has 1 spiro atoms. The summed E-state index contributed by atoms with van der Waals surface area (Å²) in [5.74, 6) is -0.458. The zero-order chi connectivity index (χ0) is 15.8. The predicted molar refractivity (Wildman–Crippen MR) is 99.9 cm³/mol. The first kappa shape index (κ1) is 16.5. The van der Waals surface area contributed by atoms with Crippen molar-refractivity contribution in [1.82, 2.24) is 4.90 Å². The molecular formula is C14H22B4ClNO2.